The molecule has 1 aromatic carbocycles. The van der Waals surface area contributed by atoms with Gasteiger partial charge in [-0.05, 0) is 42.9 Å². The van der Waals surface area contributed by atoms with Crippen LogP contribution in [-0.4, -0.2) is 30.0 Å². The van der Waals surface area contributed by atoms with E-state index in [2.05, 4.69) is 5.32 Å². The zero-order valence-electron chi connectivity index (χ0n) is 16.2. The van der Waals surface area contributed by atoms with E-state index in [1.165, 1.54) is 6.07 Å². The zero-order chi connectivity index (χ0) is 20.0. The van der Waals surface area contributed by atoms with Gasteiger partial charge >= 0.3 is 5.97 Å². The molecule has 1 aromatic rings. The van der Waals surface area contributed by atoms with E-state index in [9.17, 15) is 19.2 Å². The number of ketones is 2. The molecule has 0 saturated heterocycles. The molecule has 1 N–H and O–H groups in total. The molecule has 0 aliphatic heterocycles. The highest BCUT2D eigenvalue weighted by atomic mass is 16.5. The first-order valence-electron chi connectivity index (χ1n) is 9.29. The maximum atomic E-state index is 13.2. The van der Waals surface area contributed by atoms with Crippen LogP contribution in [0.15, 0.2) is 24.3 Å². The monoisotopic (exact) mass is 371 g/mol. The summed E-state index contributed by atoms with van der Waals surface area (Å²) in [6, 6.07) is 6.41. The second kappa shape index (κ2) is 6.29. The van der Waals surface area contributed by atoms with Crippen LogP contribution in [0, 0.1) is 16.2 Å². The largest absolute Gasteiger partial charge is 0.462 e. The van der Waals surface area contributed by atoms with Gasteiger partial charge in [-0.1, -0.05) is 33.8 Å². The van der Waals surface area contributed by atoms with Gasteiger partial charge in [0.05, 0.1) is 12.2 Å². The van der Waals surface area contributed by atoms with E-state index in [0.717, 1.165) is 0 Å². The number of carbonyl (C=O) groups excluding carboxylic acids is 4. The summed E-state index contributed by atoms with van der Waals surface area (Å²) in [4.78, 5) is 50.5. The number of fused-ring (bicyclic) bond motifs is 2. The predicted octanol–water partition coefficient (Wildman–Crippen LogP) is 3.16. The third kappa shape index (κ3) is 2.46. The number of hydrogen-bond donors (Lipinski definition) is 1. The topological polar surface area (TPSA) is 89.5 Å². The van der Waals surface area contributed by atoms with Crippen molar-refractivity contribution >= 4 is 29.1 Å². The number of anilines is 1. The lowest BCUT2D eigenvalue weighted by Gasteiger charge is -2.37. The minimum Gasteiger partial charge on any atom is -0.462 e. The minimum atomic E-state index is -1.36. The molecule has 2 bridgehead atoms. The van der Waals surface area contributed by atoms with Gasteiger partial charge in [0.1, 0.15) is 5.41 Å². The molecule has 0 heterocycles. The SMILES string of the molecule is CCCOC(=O)c1cccc(NC(=O)C23CCC(C)(C(=O)C2=O)C3(C)C)c1. The van der Waals surface area contributed by atoms with Crippen molar-refractivity contribution < 1.29 is 23.9 Å². The standard InChI is InChI=1S/C21H25NO5/c1-5-11-27-17(25)13-7-6-8-14(12-13)22-18(26)21-10-9-20(4,19(21,2)3)15(23)16(21)24/h6-8,12H,5,9-11H2,1-4H3,(H,22,26). The van der Waals surface area contributed by atoms with Gasteiger partial charge in [0.25, 0.3) is 0 Å². The third-order valence-electron chi connectivity index (χ3n) is 6.72. The van der Waals surface area contributed by atoms with Crippen LogP contribution >= 0.6 is 0 Å². The van der Waals surface area contributed by atoms with Gasteiger partial charge in [-0.3, -0.25) is 14.4 Å². The first-order chi connectivity index (χ1) is 12.6. The van der Waals surface area contributed by atoms with Gasteiger partial charge in [-0.15, -0.1) is 0 Å². The second-order valence-electron chi connectivity index (χ2n) is 8.19. The van der Waals surface area contributed by atoms with Gasteiger partial charge in [-0.25, -0.2) is 4.79 Å². The molecule has 6 heteroatoms. The molecule has 0 aromatic heterocycles. The van der Waals surface area contributed by atoms with Crippen molar-refractivity contribution in [2.75, 3.05) is 11.9 Å². The lowest BCUT2D eigenvalue weighted by Crippen LogP contribution is -2.47. The van der Waals surface area contributed by atoms with E-state index in [0.29, 0.717) is 37.1 Å². The average Bonchev–Trinajstić information content (AvgIpc) is 2.91. The quantitative estimate of drug-likeness (QED) is 0.488. The Morgan fingerprint density at radius 1 is 1.11 bits per heavy atom. The van der Waals surface area contributed by atoms with Crippen LogP contribution < -0.4 is 5.32 Å². The molecule has 2 atom stereocenters. The lowest BCUT2D eigenvalue weighted by atomic mass is 9.64. The Hall–Kier alpha value is -2.50. The summed E-state index contributed by atoms with van der Waals surface area (Å²) in [6.07, 6.45) is 1.58. The van der Waals surface area contributed by atoms with E-state index >= 15 is 0 Å². The van der Waals surface area contributed by atoms with Crippen molar-refractivity contribution in [1.82, 2.24) is 0 Å². The summed E-state index contributed by atoms with van der Waals surface area (Å²) in [6.45, 7) is 7.64. The van der Waals surface area contributed by atoms with Gasteiger partial charge in [0.2, 0.25) is 17.5 Å². The van der Waals surface area contributed by atoms with Crippen molar-refractivity contribution in [2.24, 2.45) is 16.2 Å². The molecule has 2 fully saturated rings. The van der Waals surface area contributed by atoms with E-state index in [-0.39, 0.29) is 0 Å². The molecule has 2 aliphatic carbocycles. The van der Waals surface area contributed by atoms with E-state index in [1.807, 2.05) is 20.8 Å². The number of Topliss-reactive ketones (excluding diaryl/α,β-unsaturated/α-hetero) is 2. The van der Waals surface area contributed by atoms with Gasteiger partial charge in [-0.2, -0.15) is 0 Å². The highest BCUT2D eigenvalue weighted by molar-refractivity contribution is 6.49. The van der Waals surface area contributed by atoms with Crippen LogP contribution in [-0.2, 0) is 19.1 Å². The highest BCUT2D eigenvalue weighted by Gasteiger charge is 2.77. The Balaban J connectivity index is 1.87. The number of ether oxygens (including phenoxy) is 1. The number of amides is 1. The first kappa shape index (κ1) is 19.3. The molecule has 27 heavy (non-hydrogen) atoms. The predicted molar refractivity (Wildman–Crippen MR) is 99.2 cm³/mol. The Morgan fingerprint density at radius 2 is 1.81 bits per heavy atom. The first-order valence-corrected chi connectivity index (χ1v) is 9.29. The maximum Gasteiger partial charge on any atom is 0.338 e. The number of benzene rings is 1. The van der Waals surface area contributed by atoms with Crippen LogP contribution in [0.1, 0.15) is 57.3 Å². The summed E-state index contributed by atoms with van der Waals surface area (Å²) in [7, 11) is 0. The second-order valence-corrected chi connectivity index (χ2v) is 8.19. The number of nitrogens with one attached hydrogen (secondary N) is 1. The molecular formula is C21H25NO5. The third-order valence-corrected chi connectivity index (χ3v) is 6.72. The number of rotatable bonds is 5. The van der Waals surface area contributed by atoms with E-state index in [4.69, 9.17) is 4.74 Å². The van der Waals surface area contributed by atoms with Crippen molar-refractivity contribution in [2.45, 2.75) is 47.0 Å². The maximum absolute atomic E-state index is 13.2. The molecule has 3 rings (SSSR count). The summed E-state index contributed by atoms with van der Waals surface area (Å²) >= 11 is 0. The summed E-state index contributed by atoms with van der Waals surface area (Å²) in [5, 5.41) is 2.76. The van der Waals surface area contributed by atoms with Crippen molar-refractivity contribution in [3.63, 3.8) is 0 Å². The van der Waals surface area contributed by atoms with Gasteiger partial charge in [0.15, 0.2) is 0 Å². The summed E-state index contributed by atoms with van der Waals surface area (Å²) in [5.74, 6) is -2.00. The number of esters is 1. The smallest absolute Gasteiger partial charge is 0.338 e. The fourth-order valence-electron chi connectivity index (χ4n) is 4.51. The van der Waals surface area contributed by atoms with Crippen molar-refractivity contribution in [3.05, 3.63) is 29.8 Å². The highest BCUT2D eigenvalue weighted by Crippen LogP contribution is 2.69. The van der Waals surface area contributed by atoms with Crippen molar-refractivity contribution in [1.29, 1.82) is 0 Å². The Labute approximate surface area is 158 Å². The van der Waals surface area contributed by atoms with Gasteiger partial charge in [0, 0.05) is 11.1 Å². The Bertz CT molecular complexity index is 843. The zero-order valence-corrected chi connectivity index (χ0v) is 16.2. The number of carbonyl (C=O) groups is 4. The Kier molecular flexibility index (Phi) is 4.49. The molecule has 0 spiro atoms. The molecule has 0 radical (unpaired) electrons. The molecule has 144 valence electrons. The molecule has 1 amide bonds. The average molecular weight is 371 g/mol. The number of hydrogen-bond acceptors (Lipinski definition) is 5. The lowest BCUT2D eigenvalue weighted by molar-refractivity contribution is -0.147. The van der Waals surface area contributed by atoms with Crippen molar-refractivity contribution in [3.8, 4) is 0 Å². The van der Waals surface area contributed by atoms with E-state index < -0.39 is 39.7 Å². The molecule has 6 nitrogen and oxygen atoms in total. The normalized spacial score (nSPS) is 28.3. The van der Waals surface area contributed by atoms with Crippen LogP contribution in [0.4, 0.5) is 5.69 Å². The van der Waals surface area contributed by atoms with E-state index in [1.54, 1.807) is 25.1 Å². The fourth-order valence-corrected chi connectivity index (χ4v) is 4.51. The van der Waals surface area contributed by atoms with Crippen LogP contribution in [0.25, 0.3) is 0 Å². The summed E-state index contributed by atoms with van der Waals surface area (Å²) in [5.41, 5.74) is -2.22. The van der Waals surface area contributed by atoms with Gasteiger partial charge < -0.3 is 10.1 Å². The molecule has 2 saturated carbocycles. The van der Waals surface area contributed by atoms with Crippen LogP contribution in [0.2, 0.25) is 0 Å². The van der Waals surface area contributed by atoms with Crippen LogP contribution in [0.5, 0.6) is 0 Å². The molecule has 2 aliphatic rings. The van der Waals surface area contributed by atoms with Crippen LogP contribution in [0.3, 0.4) is 0 Å². The molecule has 2 unspecified atom stereocenters. The Morgan fingerprint density at radius 3 is 2.41 bits per heavy atom. The minimum absolute atomic E-state index is 0.321. The fraction of sp³-hybridized carbons (Fsp3) is 0.524. The summed E-state index contributed by atoms with van der Waals surface area (Å²) < 4.78 is 5.11. The molecular weight excluding hydrogens is 346 g/mol.